The molecule has 0 spiro atoms. The van der Waals surface area contributed by atoms with Crippen LogP contribution in [0, 0.1) is 18.3 Å². The molecule has 2 heterocycles. The van der Waals surface area contributed by atoms with E-state index in [9.17, 15) is 10.1 Å². The molecule has 0 aliphatic heterocycles. The van der Waals surface area contributed by atoms with E-state index in [2.05, 4.69) is 21.1 Å². The molecule has 1 amide bonds. The molecule has 2 aromatic heterocycles. The van der Waals surface area contributed by atoms with Crippen molar-refractivity contribution >= 4 is 34.2 Å². The lowest BCUT2D eigenvalue weighted by atomic mass is 9.81. The van der Waals surface area contributed by atoms with Crippen molar-refractivity contribution in [1.29, 1.82) is 5.26 Å². The third-order valence-electron chi connectivity index (χ3n) is 5.49. The molecule has 0 atom stereocenters. The molecule has 0 unspecified atom stereocenters. The van der Waals surface area contributed by atoms with Crippen molar-refractivity contribution in [3.63, 3.8) is 0 Å². The second kappa shape index (κ2) is 7.40. The van der Waals surface area contributed by atoms with Gasteiger partial charge in [-0.05, 0) is 31.9 Å². The molecule has 1 aliphatic carbocycles. The number of fused-ring (bicyclic) bond motifs is 3. The van der Waals surface area contributed by atoms with Crippen LogP contribution in [-0.4, -0.2) is 48.7 Å². The van der Waals surface area contributed by atoms with Crippen LogP contribution in [-0.2, 0) is 4.79 Å². The number of carbonyl (C=O) groups excluding carboxylic acids is 1. The molecule has 28 heavy (non-hydrogen) atoms. The largest absolute Gasteiger partial charge is 0.326 e. The van der Waals surface area contributed by atoms with E-state index in [1.165, 1.54) is 11.8 Å². The smallest absolute Gasteiger partial charge is 0.234 e. The zero-order chi connectivity index (χ0) is 19.7. The molecule has 4 rings (SSSR count). The maximum atomic E-state index is 12.9. The summed E-state index contributed by atoms with van der Waals surface area (Å²) in [7, 11) is 1.75. The standard InChI is InChI=1S/C20H22N6OS/c1-14-22-18-15-8-4-5-9-16(15)23-19(26(18)24-14)28-12-17(27)25(2)20(13-21)10-6-3-7-11-20/h4-5,8-9H,3,6-7,10-12H2,1-2H3. The molecule has 144 valence electrons. The molecular weight excluding hydrogens is 372 g/mol. The van der Waals surface area contributed by atoms with Crippen LogP contribution in [0.15, 0.2) is 29.4 Å². The van der Waals surface area contributed by atoms with E-state index in [0.29, 0.717) is 11.0 Å². The van der Waals surface area contributed by atoms with Crippen LogP contribution in [0.25, 0.3) is 16.6 Å². The second-order valence-corrected chi connectivity index (χ2v) is 8.19. The van der Waals surface area contributed by atoms with E-state index >= 15 is 0 Å². The molecule has 1 aromatic carbocycles. The summed E-state index contributed by atoms with van der Waals surface area (Å²) < 4.78 is 1.70. The minimum atomic E-state index is -0.675. The van der Waals surface area contributed by atoms with E-state index in [4.69, 9.17) is 0 Å². The first kappa shape index (κ1) is 18.7. The Morgan fingerprint density at radius 3 is 2.79 bits per heavy atom. The fraction of sp³-hybridized carbons (Fsp3) is 0.450. The number of benzene rings is 1. The number of amides is 1. The van der Waals surface area contributed by atoms with E-state index in [1.54, 1.807) is 16.5 Å². The van der Waals surface area contributed by atoms with Crippen LogP contribution >= 0.6 is 11.8 Å². The number of rotatable bonds is 4. The molecule has 7 nitrogen and oxygen atoms in total. The minimum Gasteiger partial charge on any atom is -0.326 e. The summed E-state index contributed by atoms with van der Waals surface area (Å²) in [4.78, 5) is 23.7. The summed E-state index contributed by atoms with van der Waals surface area (Å²) in [5, 5.41) is 15.7. The highest BCUT2D eigenvalue weighted by atomic mass is 32.2. The summed E-state index contributed by atoms with van der Waals surface area (Å²) in [6.07, 6.45) is 4.60. The number of nitrogens with zero attached hydrogens (tertiary/aromatic N) is 6. The van der Waals surface area contributed by atoms with Gasteiger partial charge in [-0.1, -0.05) is 43.2 Å². The van der Waals surface area contributed by atoms with Crippen molar-refractivity contribution in [1.82, 2.24) is 24.5 Å². The monoisotopic (exact) mass is 394 g/mol. The SMILES string of the molecule is Cc1nc2c3ccccc3nc(SCC(=O)N(C)C3(C#N)CCCCC3)n2n1. The number of hydrogen-bond donors (Lipinski definition) is 0. The third kappa shape index (κ3) is 3.20. The van der Waals surface area contributed by atoms with Gasteiger partial charge in [0.15, 0.2) is 10.8 Å². The van der Waals surface area contributed by atoms with Crippen molar-refractivity contribution in [2.75, 3.05) is 12.8 Å². The first-order chi connectivity index (χ1) is 13.5. The second-order valence-electron chi connectivity index (χ2n) is 7.25. The third-order valence-corrected chi connectivity index (χ3v) is 6.40. The molecule has 1 saturated carbocycles. The van der Waals surface area contributed by atoms with Crippen molar-refractivity contribution in [2.24, 2.45) is 0 Å². The zero-order valence-electron chi connectivity index (χ0n) is 16.1. The lowest BCUT2D eigenvalue weighted by Gasteiger charge is -2.39. The van der Waals surface area contributed by atoms with Crippen LogP contribution in [0.5, 0.6) is 0 Å². The van der Waals surface area contributed by atoms with Gasteiger partial charge in [-0.2, -0.15) is 9.78 Å². The van der Waals surface area contributed by atoms with Crippen LogP contribution in [0.1, 0.15) is 37.9 Å². The van der Waals surface area contributed by atoms with Gasteiger partial charge in [0.2, 0.25) is 5.91 Å². The number of para-hydroxylation sites is 1. The van der Waals surface area contributed by atoms with Crippen molar-refractivity contribution in [3.8, 4) is 6.07 Å². The van der Waals surface area contributed by atoms with Gasteiger partial charge in [0.1, 0.15) is 11.4 Å². The van der Waals surface area contributed by atoms with Crippen molar-refractivity contribution in [2.45, 2.75) is 49.7 Å². The lowest BCUT2D eigenvalue weighted by molar-refractivity contribution is -0.131. The van der Waals surface area contributed by atoms with Gasteiger partial charge in [0, 0.05) is 12.4 Å². The molecule has 1 aliphatic rings. The van der Waals surface area contributed by atoms with Gasteiger partial charge >= 0.3 is 0 Å². The summed E-state index contributed by atoms with van der Waals surface area (Å²) in [5.74, 6) is 0.807. The predicted molar refractivity (Wildman–Crippen MR) is 108 cm³/mol. The van der Waals surface area contributed by atoms with Crippen molar-refractivity contribution in [3.05, 3.63) is 30.1 Å². The fourth-order valence-corrected chi connectivity index (χ4v) is 4.71. The quantitative estimate of drug-likeness (QED) is 0.498. The average molecular weight is 395 g/mol. The Hall–Kier alpha value is -2.66. The number of aryl methyl sites for hydroxylation is 1. The van der Waals surface area contributed by atoms with Crippen LogP contribution in [0.2, 0.25) is 0 Å². The zero-order valence-corrected chi connectivity index (χ0v) is 16.9. The number of nitriles is 1. The Labute approximate surface area is 167 Å². The molecular formula is C20H22N6OS. The number of carbonyl (C=O) groups is 1. The Kier molecular flexibility index (Phi) is 4.94. The van der Waals surface area contributed by atoms with E-state index in [0.717, 1.165) is 48.7 Å². The molecule has 0 N–H and O–H groups in total. The Balaban J connectivity index is 1.60. The normalized spacial score (nSPS) is 16.2. The summed E-state index contributed by atoms with van der Waals surface area (Å²) >= 11 is 1.34. The number of thioether (sulfide) groups is 1. The summed E-state index contributed by atoms with van der Waals surface area (Å²) in [6, 6.07) is 10.2. The van der Waals surface area contributed by atoms with Gasteiger partial charge in [-0.3, -0.25) is 4.79 Å². The Bertz CT molecular complexity index is 1080. The number of hydrogen-bond acceptors (Lipinski definition) is 6. The predicted octanol–water partition coefficient (Wildman–Crippen LogP) is 3.36. The maximum Gasteiger partial charge on any atom is 0.234 e. The molecule has 8 heteroatoms. The van der Waals surface area contributed by atoms with Crippen LogP contribution in [0.3, 0.4) is 0 Å². The van der Waals surface area contributed by atoms with Crippen LogP contribution < -0.4 is 0 Å². The van der Waals surface area contributed by atoms with E-state index in [-0.39, 0.29) is 11.7 Å². The molecule has 0 saturated heterocycles. The summed E-state index contributed by atoms with van der Waals surface area (Å²) in [6.45, 7) is 1.84. The lowest BCUT2D eigenvalue weighted by Crippen LogP contribution is -2.50. The highest BCUT2D eigenvalue weighted by Crippen LogP contribution is 2.33. The minimum absolute atomic E-state index is 0.0617. The van der Waals surface area contributed by atoms with Crippen LogP contribution in [0.4, 0.5) is 0 Å². The van der Waals surface area contributed by atoms with Gasteiger partial charge < -0.3 is 4.90 Å². The van der Waals surface area contributed by atoms with Crippen molar-refractivity contribution < 1.29 is 4.79 Å². The highest BCUT2D eigenvalue weighted by Gasteiger charge is 2.38. The molecule has 0 radical (unpaired) electrons. The first-order valence-corrected chi connectivity index (χ1v) is 10.5. The van der Waals surface area contributed by atoms with Gasteiger partial charge in [-0.25, -0.2) is 9.97 Å². The topological polar surface area (TPSA) is 87.2 Å². The number of aromatic nitrogens is 4. The fourth-order valence-electron chi connectivity index (χ4n) is 3.85. The Morgan fingerprint density at radius 2 is 2.04 bits per heavy atom. The van der Waals surface area contributed by atoms with Gasteiger partial charge in [0.05, 0.1) is 17.3 Å². The molecule has 3 aromatic rings. The molecule has 1 fully saturated rings. The Morgan fingerprint density at radius 1 is 1.29 bits per heavy atom. The van der Waals surface area contributed by atoms with Gasteiger partial charge in [0.25, 0.3) is 0 Å². The highest BCUT2D eigenvalue weighted by molar-refractivity contribution is 7.99. The summed E-state index contributed by atoms with van der Waals surface area (Å²) in [5.41, 5.74) is 0.893. The molecule has 0 bridgehead atoms. The first-order valence-electron chi connectivity index (χ1n) is 9.47. The van der Waals surface area contributed by atoms with E-state index < -0.39 is 5.54 Å². The van der Waals surface area contributed by atoms with E-state index in [1.807, 2.05) is 31.2 Å². The maximum absolute atomic E-state index is 12.9. The van der Waals surface area contributed by atoms with Gasteiger partial charge in [-0.15, -0.1) is 5.10 Å². The average Bonchev–Trinajstić information content (AvgIpc) is 3.13.